The van der Waals surface area contributed by atoms with Crippen molar-refractivity contribution in [2.24, 2.45) is 0 Å². The lowest BCUT2D eigenvalue weighted by molar-refractivity contribution is 0.452. The molecule has 0 spiro atoms. The molecule has 1 saturated heterocycles. The standard InChI is InChI=1S/C16H19ClN2/c17-10-8-13-5-3-4-12-19(13)16-9-11-18-15-7-2-1-6-14(15)16/h1-2,6-7,9,11,13H,3-5,8,10,12H2. The van der Waals surface area contributed by atoms with Crippen molar-refractivity contribution in [2.75, 3.05) is 17.3 Å². The molecule has 3 rings (SSSR count). The van der Waals surface area contributed by atoms with Crippen LogP contribution >= 0.6 is 11.6 Å². The smallest absolute Gasteiger partial charge is 0.0722 e. The maximum atomic E-state index is 5.97. The molecular weight excluding hydrogens is 256 g/mol. The summed E-state index contributed by atoms with van der Waals surface area (Å²) in [5.74, 6) is 0.740. The first kappa shape index (κ1) is 12.7. The number of piperidine rings is 1. The van der Waals surface area contributed by atoms with Gasteiger partial charge in [-0.15, -0.1) is 11.6 Å². The number of nitrogens with zero attached hydrogens (tertiary/aromatic N) is 2. The molecular formula is C16H19ClN2. The van der Waals surface area contributed by atoms with E-state index in [1.807, 2.05) is 12.3 Å². The first-order valence-corrected chi connectivity index (χ1v) is 7.60. The Balaban J connectivity index is 2.02. The minimum absolute atomic E-state index is 0.581. The van der Waals surface area contributed by atoms with Gasteiger partial charge in [-0.1, -0.05) is 18.2 Å². The molecule has 1 unspecified atom stereocenters. The Hall–Kier alpha value is -1.28. The maximum absolute atomic E-state index is 5.97. The number of alkyl halides is 1. The SMILES string of the molecule is ClCCC1CCCCN1c1ccnc2ccccc12. The molecule has 2 aromatic rings. The van der Waals surface area contributed by atoms with Crippen LogP contribution in [0.15, 0.2) is 36.5 Å². The Morgan fingerprint density at radius 3 is 3.00 bits per heavy atom. The zero-order valence-electron chi connectivity index (χ0n) is 11.1. The van der Waals surface area contributed by atoms with Crippen LogP contribution in [0.25, 0.3) is 10.9 Å². The second-order valence-electron chi connectivity index (χ2n) is 5.17. The van der Waals surface area contributed by atoms with Gasteiger partial charge in [-0.3, -0.25) is 4.98 Å². The average molecular weight is 275 g/mol. The second-order valence-corrected chi connectivity index (χ2v) is 5.55. The molecule has 3 heteroatoms. The van der Waals surface area contributed by atoms with Crippen molar-refractivity contribution in [3.8, 4) is 0 Å². The molecule has 1 atom stereocenters. The van der Waals surface area contributed by atoms with Gasteiger partial charge in [0.15, 0.2) is 0 Å². The number of rotatable bonds is 3. The summed E-state index contributed by atoms with van der Waals surface area (Å²) in [6, 6.07) is 11.1. The minimum Gasteiger partial charge on any atom is -0.368 e. The van der Waals surface area contributed by atoms with Gasteiger partial charge in [-0.2, -0.15) is 0 Å². The second kappa shape index (κ2) is 5.79. The van der Waals surface area contributed by atoms with E-state index in [4.69, 9.17) is 11.6 Å². The number of fused-ring (bicyclic) bond motifs is 1. The summed E-state index contributed by atoms with van der Waals surface area (Å²) in [6.07, 6.45) is 6.84. The maximum Gasteiger partial charge on any atom is 0.0722 e. The largest absolute Gasteiger partial charge is 0.368 e. The Labute approximate surface area is 119 Å². The number of anilines is 1. The summed E-state index contributed by atoms with van der Waals surface area (Å²) in [5, 5.41) is 1.26. The highest BCUT2D eigenvalue weighted by atomic mass is 35.5. The van der Waals surface area contributed by atoms with E-state index >= 15 is 0 Å². The first-order chi connectivity index (χ1) is 9.40. The van der Waals surface area contributed by atoms with Gasteiger partial charge in [-0.05, 0) is 37.8 Å². The molecule has 0 bridgehead atoms. The molecule has 0 N–H and O–H groups in total. The molecule has 1 aromatic heterocycles. The quantitative estimate of drug-likeness (QED) is 0.779. The van der Waals surface area contributed by atoms with Gasteiger partial charge < -0.3 is 4.90 Å². The lowest BCUT2D eigenvalue weighted by Crippen LogP contribution is -2.40. The van der Waals surface area contributed by atoms with Gasteiger partial charge in [0.25, 0.3) is 0 Å². The number of halogens is 1. The van der Waals surface area contributed by atoms with E-state index in [2.05, 4.69) is 34.1 Å². The number of hydrogen-bond acceptors (Lipinski definition) is 2. The summed E-state index contributed by atoms with van der Waals surface area (Å²) < 4.78 is 0. The van der Waals surface area contributed by atoms with Gasteiger partial charge in [-0.25, -0.2) is 0 Å². The van der Waals surface area contributed by atoms with Crippen LogP contribution in [0.1, 0.15) is 25.7 Å². The van der Waals surface area contributed by atoms with Crippen LogP contribution in [0.2, 0.25) is 0 Å². The van der Waals surface area contributed by atoms with E-state index in [-0.39, 0.29) is 0 Å². The van der Waals surface area contributed by atoms with E-state index in [0.29, 0.717) is 6.04 Å². The lowest BCUT2D eigenvalue weighted by Gasteiger charge is -2.38. The fraction of sp³-hybridized carbons (Fsp3) is 0.438. The third-order valence-corrected chi connectivity index (χ3v) is 4.22. The summed E-state index contributed by atoms with van der Waals surface area (Å²) in [4.78, 5) is 6.99. The molecule has 0 saturated carbocycles. The number of benzene rings is 1. The normalized spacial score (nSPS) is 19.8. The molecule has 1 fully saturated rings. The van der Waals surface area contributed by atoms with Crippen molar-refractivity contribution >= 4 is 28.2 Å². The van der Waals surface area contributed by atoms with Crippen molar-refractivity contribution in [1.82, 2.24) is 4.98 Å². The fourth-order valence-electron chi connectivity index (χ4n) is 3.08. The van der Waals surface area contributed by atoms with Crippen LogP contribution in [-0.4, -0.2) is 23.5 Å². The monoisotopic (exact) mass is 274 g/mol. The van der Waals surface area contributed by atoms with Crippen LogP contribution in [0, 0.1) is 0 Å². The van der Waals surface area contributed by atoms with Crippen molar-refractivity contribution < 1.29 is 0 Å². The molecule has 0 amide bonds. The Morgan fingerprint density at radius 2 is 2.11 bits per heavy atom. The Morgan fingerprint density at radius 1 is 1.21 bits per heavy atom. The third kappa shape index (κ3) is 2.55. The van der Waals surface area contributed by atoms with Crippen molar-refractivity contribution in [1.29, 1.82) is 0 Å². The van der Waals surface area contributed by atoms with Gasteiger partial charge in [0.1, 0.15) is 0 Å². The highest BCUT2D eigenvalue weighted by Gasteiger charge is 2.23. The first-order valence-electron chi connectivity index (χ1n) is 7.06. The van der Waals surface area contributed by atoms with Gasteiger partial charge >= 0.3 is 0 Å². The predicted molar refractivity (Wildman–Crippen MR) is 82.1 cm³/mol. The number of para-hydroxylation sites is 1. The van der Waals surface area contributed by atoms with Crippen LogP contribution in [0.5, 0.6) is 0 Å². The summed E-state index contributed by atoms with van der Waals surface area (Å²) in [5.41, 5.74) is 2.40. The highest BCUT2D eigenvalue weighted by Crippen LogP contribution is 2.31. The zero-order valence-corrected chi connectivity index (χ0v) is 11.8. The fourth-order valence-corrected chi connectivity index (χ4v) is 3.33. The minimum atomic E-state index is 0.581. The Kier molecular flexibility index (Phi) is 3.88. The molecule has 1 aromatic carbocycles. The average Bonchev–Trinajstić information content (AvgIpc) is 2.48. The number of aromatic nitrogens is 1. The van der Waals surface area contributed by atoms with Gasteiger partial charge in [0.2, 0.25) is 0 Å². The molecule has 2 heterocycles. The van der Waals surface area contributed by atoms with E-state index in [9.17, 15) is 0 Å². The van der Waals surface area contributed by atoms with E-state index in [1.54, 1.807) is 0 Å². The van der Waals surface area contributed by atoms with E-state index in [0.717, 1.165) is 24.4 Å². The summed E-state index contributed by atoms with van der Waals surface area (Å²) >= 11 is 5.97. The molecule has 1 aliphatic rings. The van der Waals surface area contributed by atoms with Crippen LogP contribution in [0.4, 0.5) is 5.69 Å². The molecule has 2 nitrogen and oxygen atoms in total. The van der Waals surface area contributed by atoms with E-state index in [1.165, 1.54) is 30.3 Å². The molecule has 19 heavy (non-hydrogen) atoms. The van der Waals surface area contributed by atoms with Crippen molar-refractivity contribution in [3.05, 3.63) is 36.5 Å². The molecule has 0 radical (unpaired) electrons. The third-order valence-electron chi connectivity index (χ3n) is 4.00. The van der Waals surface area contributed by atoms with Gasteiger partial charge in [0, 0.05) is 35.7 Å². The van der Waals surface area contributed by atoms with E-state index < -0.39 is 0 Å². The van der Waals surface area contributed by atoms with Crippen LogP contribution in [0.3, 0.4) is 0 Å². The molecule has 0 aliphatic carbocycles. The predicted octanol–water partition coefficient (Wildman–Crippen LogP) is 4.22. The summed E-state index contributed by atoms with van der Waals surface area (Å²) in [6.45, 7) is 1.13. The lowest BCUT2D eigenvalue weighted by atomic mass is 9.98. The zero-order chi connectivity index (χ0) is 13.1. The molecule has 100 valence electrons. The highest BCUT2D eigenvalue weighted by molar-refractivity contribution is 6.17. The Bertz CT molecular complexity index is 548. The van der Waals surface area contributed by atoms with Crippen molar-refractivity contribution in [2.45, 2.75) is 31.7 Å². The summed E-state index contributed by atoms with van der Waals surface area (Å²) in [7, 11) is 0. The number of pyridine rings is 1. The van der Waals surface area contributed by atoms with Crippen molar-refractivity contribution in [3.63, 3.8) is 0 Å². The van der Waals surface area contributed by atoms with Gasteiger partial charge in [0.05, 0.1) is 5.52 Å². The number of hydrogen-bond donors (Lipinski definition) is 0. The topological polar surface area (TPSA) is 16.1 Å². The van der Waals surface area contributed by atoms with Crippen LogP contribution in [-0.2, 0) is 0 Å². The molecule has 1 aliphatic heterocycles. The van der Waals surface area contributed by atoms with Crippen LogP contribution < -0.4 is 4.90 Å².